The van der Waals surface area contributed by atoms with Crippen molar-refractivity contribution in [2.45, 2.75) is 19.9 Å². The quantitative estimate of drug-likeness (QED) is 0.879. The summed E-state index contributed by atoms with van der Waals surface area (Å²) in [7, 11) is 1.61. The van der Waals surface area contributed by atoms with Gasteiger partial charge in [-0.05, 0) is 38.6 Å². The average Bonchev–Trinajstić information content (AvgIpc) is 2.43. The summed E-state index contributed by atoms with van der Waals surface area (Å²) in [5, 5.41) is 10.8. The zero-order chi connectivity index (χ0) is 14.9. The van der Waals surface area contributed by atoms with Crippen LogP contribution >= 0.6 is 0 Å². The van der Waals surface area contributed by atoms with E-state index in [0.29, 0.717) is 17.0 Å². The van der Waals surface area contributed by atoms with Crippen LogP contribution in [-0.4, -0.2) is 17.2 Å². The van der Waals surface area contributed by atoms with E-state index in [2.05, 4.69) is 15.5 Å². The van der Waals surface area contributed by atoms with Gasteiger partial charge in [-0.15, -0.1) is 0 Å². The first-order valence-electron chi connectivity index (χ1n) is 6.07. The Hall–Kier alpha value is -1.95. The Morgan fingerprint density at radius 3 is 2.35 bits per heavy atom. The Labute approximate surface area is 114 Å². The molecular weight excluding hydrogens is 267 g/mol. The van der Waals surface area contributed by atoms with Crippen molar-refractivity contribution in [3.8, 4) is 0 Å². The van der Waals surface area contributed by atoms with Gasteiger partial charge >= 0.3 is 0 Å². The molecule has 2 rings (SSSR count). The zero-order valence-electron chi connectivity index (χ0n) is 11.3. The average molecular weight is 281 g/mol. The Bertz CT molecular complexity index is 644. The van der Waals surface area contributed by atoms with Gasteiger partial charge in [-0.25, -0.2) is 13.2 Å². The van der Waals surface area contributed by atoms with Crippen molar-refractivity contribution in [2.24, 2.45) is 0 Å². The second kappa shape index (κ2) is 5.58. The Balaban J connectivity index is 2.58. The standard InChI is InChI=1S/C14H14F3N3/c1-7-6-10(8(2)20-19-7)14(18-3)9-4-5-11(15)13(17)12(9)16/h4-6,14,18H,1-3H3. The highest BCUT2D eigenvalue weighted by Gasteiger charge is 2.23. The third kappa shape index (κ3) is 2.51. The maximum absolute atomic E-state index is 13.9. The fourth-order valence-electron chi connectivity index (χ4n) is 2.10. The van der Waals surface area contributed by atoms with E-state index >= 15 is 0 Å². The molecule has 2 aromatic rings. The predicted octanol–water partition coefficient (Wildman–Crippen LogP) is 2.82. The van der Waals surface area contributed by atoms with Crippen LogP contribution < -0.4 is 5.32 Å². The van der Waals surface area contributed by atoms with Gasteiger partial charge in [0.1, 0.15) is 0 Å². The van der Waals surface area contributed by atoms with Crippen LogP contribution in [0.3, 0.4) is 0 Å². The highest BCUT2D eigenvalue weighted by atomic mass is 19.2. The van der Waals surface area contributed by atoms with Crippen LogP contribution in [-0.2, 0) is 0 Å². The minimum Gasteiger partial charge on any atom is -0.309 e. The molecule has 0 aliphatic rings. The first kappa shape index (κ1) is 14.5. The minimum absolute atomic E-state index is 0.0295. The number of aryl methyl sites for hydroxylation is 2. The highest BCUT2D eigenvalue weighted by Crippen LogP contribution is 2.28. The van der Waals surface area contributed by atoms with Crippen molar-refractivity contribution in [3.63, 3.8) is 0 Å². The van der Waals surface area contributed by atoms with Crippen molar-refractivity contribution in [2.75, 3.05) is 7.05 Å². The summed E-state index contributed by atoms with van der Waals surface area (Å²) in [6.07, 6.45) is 0. The molecule has 1 aromatic heterocycles. The third-order valence-corrected chi connectivity index (χ3v) is 3.12. The molecule has 1 atom stereocenters. The van der Waals surface area contributed by atoms with Gasteiger partial charge in [-0.3, -0.25) is 0 Å². The van der Waals surface area contributed by atoms with Crippen LogP contribution in [0.1, 0.15) is 28.6 Å². The van der Waals surface area contributed by atoms with E-state index in [1.165, 1.54) is 6.07 Å². The molecule has 0 aliphatic carbocycles. The lowest BCUT2D eigenvalue weighted by Crippen LogP contribution is -2.21. The number of nitrogens with one attached hydrogen (secondary N) is 1. The topological polar surface area (TPSA) is 37.8 Å². The highest BCUT2D eigenvalue weighted by molar-refractivity contribution is 5.35. The molecule has 0 saturated heterocycles. The number of halogens is 3. The second-order valence-electron chi connectivity index (χ2n) is 4.51. The predicted molar refractivity (Wildman–Crippen MR) is 68.7 cm³/mol. The summed E-state index contributed by atoms with van der Waals surface area (Å²) >= 11 is 0. The van der Waals surface area contributed by atoms with E-state index < -0.39 is 23.5 Å². The lowest BCUT2D eigenvalue weighted by Gasteiger charge is -2.19. The van der Waals surface area contributed by atoms with Crippen molar-refractivity contribution < 1.29 is 13.2 Å². The molecule has 106 valence electrons. The van der Waals surface area contributed by atoms with E-state index in [0.717, 1.165) is 6.07 Å². The molecule has 20 heavy (non-hydrogen) atoms. The summed E-state index contributed by atoms with van der Waals surface area (Å²) in [6, 6.07) is 3.25. The van der Waals surface area contributed by atoms with Crippen LogP contribution in [0.4, 0.5) is 13.2 Å². The van der Waals surface area contributed by atoms with Gasteiger partial charge in [-0.2, -0.15) is 10.2 Å². The third-order valence-electron chi connectivity index (χ3n) is 3.12. The van der Waals surface area contributed by atoms with Crippen LogP contribution in [0.2, 0.25) is 0 Å². The second-order valence-corrected chi connectivity index (χ2v) is 4.51. The van der Waals surface area contributed by atoms with E-state index in [-0.39, 0.29) is 5.56 Å². The maximum Gasteiger partial charge on any atom is 0.194 e. The molecule has 6 heteroatoms. The fourth-order valence-corrected chi connectivity index (χ4v) is 2.10. The number of hydrogen-bond acceptors (Lipinski definition) is 3. The molecular formula is C14H14F3N3. The molecule has 0 radical (unpaired) electrons. The summed E-state index contributed by atoms with van der Waals surface area (Å²) in [5.41, 5.74) is 1.96. The molecule has 1 aromatic carbocycles. The minimum atomic E-state index is -1.47. The van der Waals surface area contributed by atoms with Gasteiger partial charge in [0.05, 0.1) is 17.4 Å². The smallest absolute Gasteiger partial charge is 0.194 e. The molecule has 3 nitrogen and oxygen atoms in total. The number of hydrogen-bond donors (Lipinski definition) is 1. The van der Waals surface area contributed by atoms with Crippen LogP contribution in [0.15, 0.2) is 18.2 Å². The molecule has 0 saturated carbocycles. The lowest BCUT2D eigenvalue weighted by atomic mass is 9.97. The van der Waals surface area contributed by atoms with E-state index in [4.69, 9.17) is 0 Å². The van der Waals surface area contributed by atoms with Gasteiger partial charge in [0.2, 0.25) is 0 Å². The largest absolute Gasteiger partial charge is 0.309 e. The first-order valence-corrected chi connectivity index (χ1v) is 6.07. The van der Waals surface area contributed by atoms with Crippen molar-refractivity contribution in [1.82, 2.24) is 15.5 Å². The van der Waals surface area contributed by atoms with Crippen LogP contribution in [0.25, 0.3) is 0 Å². The van der Waals surface area contributed by atoms with E-state index in [1.54, 1.807) is 27.0 Å². The van der Waals surface area contributed by atoms with Gasteiger partial charge in [-0.1, -0.05) is 6.07 Å². The molecule has 0 bridgehead atoms. The zero-order valence-corrected chi connectivity index (χ0v) is 11.3. The van der Waals surface area contributed by atoms with Crippen LogP contribution in [0, 0.1) is 31.3 Å². The summed E-state index contributed by atoms with van der Waals surface area (Å²) in [5.74, 6) is -3.88. The summed E-state index contributed by atoms with van der Waals surface area (Å²) < 4.78 is 40.3. The Kier molecular flexibility index (Phi) is 4.04. The molecule has 1 N–H and O–H groups in total. The number of aromatic nitrogens is 2. The molecule has 0 fully saturated rings. The summed E-state index contributed by atoms with van der Waals surface area (Å²) in [4.78, 5) is 0. The van der Waals surface area contributed by atoms with Crippen molar-refractivity contribution >= 4 is 0 Å². The normalized spacial score (nSPS) is 12.5. The Morgan fingerprint density at radius 1 is 1.00 bits per heavy atom. The molecule has 0 amide bonds. The SMILES string of the molecule is CNC(c1cc(C)nnc1C)c1ccc(F)c(F)c1F. The Morgan fingerprint density at radius 2 is 1.70 bits per heavy atom. The molecule has 0 spiro atoms. The van der Waals surface area contributed by atoms with Gasteiger partial charge < -0.3 is 5.32 Å². The van der Waals surface area contributed by atoms with Gasteiger partial charge in [0.25, 0.3) is 0 Å². The number of rotatable bonds is 3. The summed E-state index contributed by atoms with van der Waals surface area (Å²) in [6.45, 7) is 3.48. The fraction of sp³-hybridized carbons (Fsp3) is 0.286. The lowest BCUT2D eigenvalue weighted by molar-refractivity contribution is 0.434. The maximum atomic E-state index is 13.9. The van der Waals surface area contributed by atoms with E-state index in [1.807, 2.05) is 0 Å². The number of nitrogens with zero attached hydrogens (tertiary/aromatic N) is 2. The van der Waals surface area contributed by atoms with Gasteiger partial charge in [0.15, 0.2) is 17.5 Å². The van der Waals surface area contributed by atoms with Crippen LogP contribution in [0.5, 0.6) is 0 Å². The molecule has 1 heterocycles. The first-order chi connectivity index (χ1) is 9.45. The molecule has 1 unspecified atom stereocenters. The van der Waals surface area contributed by atoms with Crippen molar-refractivity contribution in [3.05, 3.63) is 58.2 Å². The monoisotopic (exact) mass is 281 g/mol. The van der Waals surface area contributed by atoms with E-state index in [9.17, 15) is 13.2 Å². The van der Waals surface area contributed by atoms with Crippen molar-refractivity contribution in [1.29, 1.82) is 0 Å². The van der Waals surface area contributed by atoms with Gasteiger partial charge in [0, 0.05) is 5.56 Å². The molecule has 0 aliphatic heterocycles. The number of benzene rings is 1.